The van der Waals surface area contributed by atoms with Crippen LogP contribution in [0.1, 0.15) is 42.2 Å². The Balaban J connectivity index is 2.33. The van der Waals surface area contributed by atoms with Gasteiger partial charge in [0.25, 0.3) is 5.91 Å². The van der Waals surface area contributed by atoms with E-state index in [-0.39, 0.29) is 12.5 Å². The molecule has 0 aromatic carbocycles. The molecule has 0 radical (unpaired) electrons. The second-order valence-electron chi connectivity index (χ2n) is 4.43. The van der Waals surface area contributed by atoms with Gasteiger partial charge < -0.3 is 15.2 Å². The number of nitrogens with zero attached hydrogens (tertiary/aromatic N) is 1. The predicted octanol–water partition coefficient (Wildman–Crippen LogP) is 1.36. The number of aromatic nitrogens is 1. The Bertz CT molecular complexity index is 475. The third kappa shape index (κ3) is 7.45. The zero-order valence-corrected chi connectivity index (χ0v) is 12.4. The molecule has 1 amide bonds. The topological polar surface area (TPSA) is 71.5 Å². The van der Waals surface area contributed by atoms with Crippen LogP contribution in [-0.2, 0) is 4.74 Å². The first-order valence-corrected chi connectivity index (χ1v) is 7.19. The number of carbonyl (C=O) groups is 1. The molecule has 0 aliphatic heterocycles. The lowest BCUT2D eigenvalue weighted by molar-refractivity contribution is 0.0936. The lowest BCUT2D eigenvalue weighted by Gasteiger charge is -2.05. The number of pyridine rings is 1. The molecule has 0 aliphatic rings. The molecule has 1 aromatic rings. The summed E-state index contributed by atoms with van der Waals surface area (Å²) in [6.07, 6.45) is 3.78. The zero-order chi connectivity index (χ0) is 15.3. The van der Waals surface area contributed by atoms with Crippen molar-refractivity contribution in [3.8, 4) is 11.8 Å². The predicted molar refractivity (Wildman–Crippen MR) is 80.9 cm³/mol. The van der Waals surface area contributed by atoms with E-state index in [1.165, 1.54) is 0 Å². The molecule has 1 aromatic heterocycles. The molecular formula is C16H22N2O3. The van der Waals surface area contributed by atoms with E-state index in [1.54, 1.807) is 18.3 Å². The molecule has 0 unspecified atom stereocenters. The quantitative estimate of drug-likeness (QED) is 0.560. The Labute approximate surface area is 125 Å². The number of hydrogen-bond donors (Lipinski definition) is 2. The fourth-order valence-corrected chi connectivity index (χ4v) is 1.54. The lowest BCUT2D eigenvalue weighted by Crippen LogP contribution is -2.26. The molecule has 21 heavy (non-hydrogen) atoms. The van der Waals surface area contributed by atoms with Crippen molar-refractivity contribution in [3.05, 3.63) is 29.6 Å². The molecule has 0 aliphatic carbocycles. The van der Waals surface area contributed by atoms with Gasteiger partial charge in [0.15, 0.2) is 0 Å². The molecule has 0 fully saturated rings. The van der Waals surface area contributed by atoms with E-state index in [0.717, 1.165) is 25.0 Å². The maximum atomic E-state index is 11.8. The molecule has 2 N–H and O–H groups in total. The molecule has 0 saturated carbocycles. The number of nitrogens with one attached hydrogen (secondary N) is 1. The van der Waals surface area contributed by atoms with Crippen molar-refractivity contribution in [2.45, 2.75) is 26.2 Å². The molecule has 114 valence electrons. The van der Waals surface area contributed by atoms with Crippen molar-refractivity contribution >= 4 is 5.91 Å². The van der Waals surface area contributed by atoms with Crippen LogP contribution < -0.4 is 5.32 Å². The van der Waals surface area contributed by atoms with Crippen molar-refractivity contribution in [2.75, 3.05) is 26.4 Å². The monoisotopic (exact) mass is 290 g/mol. The molecule has 1 rings (SSSR count). The minimum Gasteiger partial charge on any atom is -0.395 e. The van der Waals surface area contributed by atoms with E-state index in [0.29, 0.717) is 25.3 Å². The number of aliphatic hydroxyl groups excluding tert-OH is 1. The molecule has 5 heteroatoms. The highest BCUT2D eigenvalue weighted by Crippen LogP contribution is 1.99. The van der Waals surface area contributed by atoms with E-state index in [4.69, 9.17) is 9.84 Å². The van der Waals surface area contributed by atoms with Gasteiger partial charge in [-0.3, -0.25) is 4.79 Å². The third-order valence-electron chi connectivity index (χ3n) is 2.57. The summed E-state index contributed by atoms with van der Waals surface area (Å²) in [6, 6.07) is 3.39. The van der Waals surface area contributed by atoms with Gasteiger partial charge >= 0.3 is 0 Å². The van der Waals surface area contributed by atoms with Gasteiger partial charge in [-0.15, -0.1) is 0 Å². The largest absolute Gasteiger partial charge is 0.395 e. The Morgan fingerprint density at radius 3 is 2.95 bits per heavy atom. The average Bonchev–Trinajstić information content (AvgIpc) is 2.51. The molecule has 0 spiro atoms. The SMILES string of the molecule is CCCOCCCNC(=O)c1ccc(C#CCCO)cn1. The minimum atomic E-state index is -0.194. The summed E-state index contributed by atoms with van der Waals surface area (Å²) in [7, 11) is 0. The summed E-state index contributed by atoms with van der Waals surface area (Å²) in [5, 5.41) is 11.4. The average molecular weight is 290 g/mol. The normalized spacial score (nSPS) is 9.81. The van der Waals surface area contributed by atoms with Crippen molar-refractivity contribution in [1.82, 2.24) is 10.3 Å². The summed E-state index contributed by atoms with van der Waals surface area (Å²) >= 11 is 0. The van der Waals surface area contributed by atoms with Crippen LogP contribution in [0.2, 0.25) is 0 Å². The van der Waals surface area contributed by atoms with Crippen LogP contribution in [0, 0.1) is 11.8 Å². The first-order valence-electron chi connectivity index (χ1n) is 7.19. The fraction of sp³-hybridized carbons (Fsp3) is 0.500. The van der Waals surface area contributed by atoms with Crippen LogP contribution in [-0.4, -0.2) is 42.4 Å². The Kier molecular flexibility index (Phi) is 8.85. The summed E-state index contributed by atoms with van der Waals surface area (Å²) in [5.41, 5.74) is 1.10. The van der Waals surface area contributed by atoms with Crippen LogP contribution in [0.3, 0.4) is 0 Å². The molecule has 0 saturated heterocycles. The number of hydrogen-bond acceptors (Lipinski definition) is 4. The van der Waals surface area contributed by atoms with Crippen molar-refractivity contribution in [3.63, 3.8) is 0 Å². The number of rotatable bonds is 8. The fourth-order valence-electron chi connectivity index (χ4n) is 1.54. The molecule has 0 atom stereocenters. The van der Waals surface area contributed by atoms with Crippen LogP contribution in [0.25, 0.3) is 0 Å². The van der Waals surface area contributed by atoms with Crippen molar-refractivity contribution in [1.29, 1.82) is 0 Å². The van der Waals surface area contributed by atoms with Crippen LogP contribution in [0.15, 0.2) is 18.3 Å². The van der Waals surface area contributed by atoms with Gasteiger partial charge in [0.05, 0.1) is 6.61 Å². The Morgan fingerprint density at radius 2 is 2.29 bits per heavy atom. The first kappa shape index (κ1) is 17.2. The second kappa shape index (κ2) is 10.8. The summed E-state index contributed by atoms with van der Waals surface area (Å²) in [5.74, 6) is 5.47. The van der Waals surface area contributed by atoms with Gasteiger partial charge in [0.2, 0.25) is 0 Å². The maximum absolute atomic E-state index is 11.8. The zero-order valence-electron chi connectivity index (χ0n) is 12.4. The summed E-state index contributed by atoms with van der Waals surface area (Å²) in [6.45, 7) is 4.09. The van der Waals surface area contributed by atoms with Crippen molar-refractivity contribution in [2.24, 2.45) is 0 Å². The van der Waals surface area contributed by atoms with E-state index >= 15 is 0 Å². The van der Waals surface area contributed by atoms with E-state index in [9.17, 15) is 4.79 Å². The van der Waals surface area contributed by atoms with Gasteiger partial charge in [0.1, 0.15) is 5.69 Å². The van der Waals surface area contributed by atoms with E-state index < -0.39 is 0 Å². The highest BCUT2D eigenvalue weighted by atomic mass is 16.5. The Morgan fingerprint density at radius 1 is 1.43 bits per heavy atom. The third-order valence-corrected chi connectivity index (χ3v) is 2.57. The van der Waals surface area contributed by atoms with Gasteiger partial charge in [-0.2, -0.15) is 0 Å². The summed E-state index contributed by atoms with van der Waals surface area (Å²) in [4.78, 5) is 15.9. The minimum absolute atomic E-state index is 0.0445. The molecule has 5 nitrogen and oxygen atoms in total. The number of amides is 1. The number of aliphatic hydroxyl groups is 1. The van der Waals surface area contributed by atoms with Crippen LogP contribution in [0.5, 0.6) is 0 Å². The smallest absolute Gasteiger partial charge is 0.269 e. The van der Waals surface area contributed by atoms with Gasteiger partial charge in [0, 0.05) is 37.9 Å². The van der Waals surface area contributed by atoms with Gasteiger partial charge in [-0.05, 0) is 25.0 Å². The Hall–Kier alpha value is -1.90. The molecular weight excluding hydrogens is 268 g/mol. The van der Waals surface area contributed by atoms with E-state index in [2.05, 4.69) is 29.1 Å². The number of carbonyl (C=O) groups excluding carboxylic acids is 1. The van der Waals surface area contributed by atoms with Crippen LogP contribution >= 0.6 is 0 Å². The lowest BCUT2D eigenvalue weighted by atomic mass is 10.2. The van der Waals surface area contributed by atoms with Crippen molar-refractivity contribution < 1.29 is 14.6 Å². The highest BCUT2D eigenvalue weighted by molar-refractivity contribution is 5.92. The second-order valence-corrected chi connectivity index (χ2v) is 4.43. The molecule has 1 heterocycles. The maximum Gasteiger partial charge on any atom is 0.269 e. The standard InChI is InChI=1S/C16H22N2O3/c1-2-11-21-12-5-9-17-16(20)15-8-7-14(13-18-15)6-3-4-10-19/h7-8,13,19H,2,4-5,9-12H2,1H3,(H,17,20). The van der Waals surface area contributed by atoms with Crippen LogP contribution in [0.4, 0.5) is 0 Å². The molecule has 0 bridgehead atoms. The number of ether oxygens (including phenoxy) is 1. The first-order chi connectivity index (χ1) is 10.3. The van der Waals surface area contributed by atoms with Gasteiger partial charge in [-0.1, -0.05) is 18.8 Å². The summed E-state index contributed by atoms with van der Waals surface area (Å²) < 4.78 is 5.33. The van der Waals surface area contributed by atoms with Gasteiger partial charge in [-0.25, -0.2) is 4.98 Å². The van der Waals surface area contributed by atoms with E-state index in [1.807, 2.05) is 0 Å². The highest BCUT2D eigenvalue weighted by Gasteiger charge is 2.05.